The maximum atomic E-state index is 12.1. The number of thioether (sulfide) groups is 1. The molecule has 0 saturated carbocycles. The van der Waals surface area contributed by atoms with E-state index in [1.807, 2.05) is 20.1 Å². The Morgan fingerprint density at radius 1 is 1.42 bits per heavy atom. The number of hydrogen-bond acceptors (Lipinski definition) is 5. The van der Waals surface area contributed by atoms with Crippen LogP contribution in [0.4, 0.5) is 0 Å². The first-order valence-electron chi connectivity index (χ1n) is 6.27. The van der Waals surface area contributed by atoms with Gasteiger partial charge in [-0.15, -0.1) is 0 Å². The smallest absolute Gasteiger partial charge is 0.295 e. The summed E-state index contributed by atoms with van der Waals surface area (Å²) >= 11 is 1.65. The van der Waals surface area contributed by atoms with Crippen LogP contribution in [0.25, 0.3) is 0 Å². The Kier molecular flexibility index (Phi) is 6.86. The molecule has 0 aromatic carbocycles. The highest BCUT2D eigenvalue weighted by molar-refractivity contribution is 7.99. The van der Waals surface area contributed by atoms with Gasteiger partial charge in [0.1, 0.15) is 0 Å². The molecular weight excluding hydrogens is 264 g/mol. The Labute approximate surface area is 120 Å². The van der Waals surface area contributed by atoms with Crippen LogP contribution in [-0.2, 0) is 14.3 Å². The van der Waals surface area contributed by atoms with Gasteiger partial charge >= 0.3 is 0 Å². The van der Waals surface area contributed by atoms with Crippen LogP contribution in [0.1, 0.15) is 41.0 Å². The summed E-state index contributed by atoms with van der Waals surface area (Å²) in [6, 6.07) is 0. The molecule has 0 aromatic rings. The molecular formula is C13H26N2O3S. The Balaban J connectivity index is 4.67. The minimum absolute atomic E-state index is 0.0948. The summed E-state index contributed by atoms with van der Waals surface area (Å²) in [5, 5.41) is 2.73. The van der Waals surface area contributed by atoms with Crippen LogP contribution < -0.4 is 11.1 Å². The van der Waals surface area contributed by atoms with Gasteiger partial charge in [-0.05, 0) is 20.1 Å². The number of hydrogen-bond donors (Lipinski definition) is 2. The number of nitrogens with one attached hydrogen (secondary N) is 1. The van der Waals surface area contributed by atoms with E-state index < -0.39 is 11.8 Å². The monoisotopic (exact) mass is 290 g/mol. The number of ether oxygens (including phenoxy) is 1. The number of carbonyl (C=O) groups is 2. The van der Waals surface area contributed by atoms with Gasteiger partial charge in [-0.25, -0.2) is 0 Å². The third kappa shape index (κ3) is 6.82. The summed E-state index contributed by atoms with van der Waals surface area (Å²) in [6.45, 7) is 9.76. The molecule has 0 radical (unpaired) electrons. The first-order valence-corrected chi connectivity index (χ1v) is 7.49. The van der Waals surface area contributed by atoms with Gasteiger partial charge in [0.25, 0.3) is 6.47 Å². The van der Waals surface area contributed by atoms with Gasteiger partial charge in [-0.1, -0.05) is 20.8 Å². The third-order valence-corrected chi connectivity index (χ3v) is 4.53. The van der Waals surface area contributed by atoms with Crippen LogP contribution in [-0.4, -0.2) is 35.1 Å². The summed E-state index contributed by atoms with van der Waals surface area (Å²) in [4.78, 5) is 22.6. The molecule has 6 heteroatoms. The van der Waals surface area contributed by atoms with Crippen molar-refractivity contribution in [1.29, 1.82) is 0 Å². The lowest BCUT2D eigenvalue weighted by atomic mass is 9.89. The van der Waals surface area contributed by atoms with E-state index >= 15 is 0 Å². The zero-order valence-electron chi connectivity index (χ0n) is 12.6. The standard InChI is InChI=1S/C13H26N2O3S/c1-9(13(4,5)14)11(17)15-10(18-8-16)7-12(2,3)19-6/h8-10H,7,14H2,1-6H3,(H,15,17)/t9-,10+/m0/s1. The Morgan fingerprint density at radius 2 is 1.95 bits per heavy atom. The topological polar surface area (TPSA) is 81.4 Å². The van der Waals surface area contributed by atoms with Gasteiger partial charge in [0.15, 0.2) is 6.23 Å². The molecule has 112 valence electrons. The quantitative estimate of drug-likeness (QED) is 0.523. The van der Waals surface area contributed by atoms with Crippen molar-refractivity contribution >= 4 is 24.1 Å². The van der Waals surface area contributed by atoms with E-state index in [1.54, 1.807) is 32.5 Å². The highest BCUT2D eigenvalue weighted by Crippen LogP contribution is 2.27. The second-order valence-electron chi connectivity index (χ2n) is 5.94. The Hall–Kier alpha value is -0.750. The summed E-state index contributed by atoms with van der Waals surface area (Å²) in [7, 11) is 0. The molecule has 0 saturated heterocycles. The van der Waals surface area contributed by atoms with E-state index in [1.165, 1.54) is 0 Å². The average Bonchev–Trinajstić information content (AvgIpc) is 2.26. The van der Waals surface area contributed by atoms with Gasteiger partial charge in [-0.3, -0.25) is 9.59 Å². The molecule has 2 atom stereocenters. The summed E-state index contributed by atoms with van der Waals surface area (Å²) < 4.78 is 4.85. The predicted octanol–water partition coefficient (Wildman–Crippen LogP) is 1.51. The Bertz CT molecular complexity index is 314. The molecule has 3 N–H and O–H groups in total. The lowest BCUT2D eigenvalue weighted by Gasteiger charge is -2.31. The molecule has 0 heterocycles. The van der Waals surface area contributed by atoms with Crippen molar-refractivity contribution in [2.75, 3.05) is 6.26 Å². The molecule has 0 fully saturated rings. The van der Waals surface area contributed by atoms with E-state index in [2.05, 4.69) is 5.32 Å². The fourth-order valence-electron chi connectivity index (χ4n) is 1.35. The molecule has 0 aromatic heterocycles. The lowest BCUT2D eigenvalue weighted by molar-refractivity contribution is -0.140. The molecule has 0 aliphatic heterocycles. The van der Waals surface area contributed by atoms with Crippen molar-refractivity contribution in [3.63, 3.8) is 0 Å². The number of rotatable bonds is 8. The Morgan fingerprint density at radius 3 is 2.32 bits per heavy atom. The predicted molar refractivity (Wildman–Crippen MR) is 78.7 cm³/mol. The highest BCUT2D eigenvalue weighted by Gasteiger charge is 2.31. The lowest BCUT2D eigenvalue weighted by Crippen LogP contribution is -2.51. The van der Waals surface area contributed by atoms with E-state index in [0.717, 1.165) is 0 Å². The largest absolute Gasteiger partial charge is 0.444 e. The number of carbonyl (C=O) groups excluding carboxylic acids is 2. The maximum absolute atomic E-state index is 12.1. The van der Waals surface area contributed by atoms with E-state index in [0.29, 0.717) is 12.9 Å². The van der Waals surface area contributed by atoms with Crippen LogP contribution >= 0.6 is 11.8 Å². The molecule has 1 amide bonds. The summed E-state index contributed by atoms with van der Waals surface area (Å²) in [5.74, 6) is -0.584. The van der Waals surface area contributed by atoms with Gasteiger partial charge in [0.05, 0.1) is 5.92 Å². The first-order chi connectivity index (χ1) is 8.53. The fraction of sp³-hybridized carbons (Fsp3) is 0.846. The van der Waals surface area contributed by atoms with Crippen molar-refractivity contribution in [1.82, 2.24) is 5.32 Å². The van der Waals surface area contributed by atoms with Gasteiger partial charge in [0, 0.05) is 16.7 Å². The van der Waals surface area contributed by atoms with Crippen LogP contribution in [0.5, 0.6) is 0 Å². The maximum Gasteiger partial charge on any atom is 0.295 e. The molecule has 0 bridgehead atoms. The molecule has 5 nitrogen and oxygen atoms in total. The van der Waals surface area contributed by atoms with Crippen LogP contribution in [0.15, 0.2) is 0 Å². The van der Waals surface area contributed by atoms with Crippen molar-refractivity contribution < 1.29 is 14.3 Å². The van der Waals surface area contributed by atoms with Gasteiger partial charge in [0.2, 0.25) is 5.91 Å². The highest BCUT2D eigenvalue weighted by atomic mass is 32.2. The van der Waals surface area contributed by atoms with Crippen LogP contribution in [0.3, 0.4) is 0 Å². The SMILES string of the molecule is CSC(C)(C)C[C@H](NC(=O)[C@H](C)C(C)(C)N)OC=O. The van der Waals surface area contributed by atoms with E-state index in [9.17, 15) is 9.59 Å². The van der Waals surface area contributed by atoms with E-state index in [-0.39, 0.29) is 16.6 Å². The number of nitrogens with two attached hydrogens (primary N) is 1. The van der Waals surface area contributed by atoms with Crippen LogP contribution in [0.2, 0.25) is 0 Å². The minimum Gasteiger partial charge on any atom is -0.444 e. The van der Waals surface area contributed by atoms with Crippen molar-refractivity contribution in [2.45, 2.75) is 57.6 Å². The molecule has 0 rings (SSSR count). The first kappa shape index (κ1) is 18.2. The molecule has 0 unspecified atom stereocenters. The summed E-state index contributed by atoms with van der Waals surface area (Å²) in [6.07, 6.45) is 1.89. The molecule has 0 aliphatic carbocycles. The van der Waals surface area contributed by atoms with Crippen molar-refractivity contribution in [3.8, 4) is 0 Å². The fourth-order valence-corrected chi connectivity index (χ4v) is 1.67. The second kappa shape index (κ2) is 7.14. The normalized spacial score (nSPS) is 15.5. The third-order valence-electron chi connectivity index (χ3n) is 3.26. The average molecular weight is 290 g/mol. The number of amides is 1. The summed E-state index contributed by atoms with van der Waals surface area (Å²) in [5.41, 5.74) is 5.29. The van der Waals surface area contributed by atoms with Crippen molar-refractivity contribution in [3.05, 3.63) is 0 Å². The zero-order chi connectivity index (χ0) is 15.3. The van der Waals surface area contributed by atoms with E-state index in [4.69, 9.17) is 10.5 Å². The van der Waals surface area contributed by atoms with Crippen molar-refractivity contribution in [2.24, 2.45) is 11.7 Å². The van der Waals surface area contributed by atoms with Crippen LogP contribution in [0, 0.1) is 5.92 Å². The molecule has 19 heavy (non-hydrogen) atoms. The minimum atomic E-state index is -0.628. The zero-order valence-corrected chi connectivity index (χ0v) is 13.5. The van der Waals surface area contributed by atoms with Gasteiger partial charge < -0.3 is 15.8 Å². The molecule has 0 aliphatic rings. The second-order valence-corrected chi connectivity index (χ2v) is 7.45. The van der Waals surface area contributed by atoms with Gasteiger partial charge in [-0.2, -0.15) is 11.8 Å². The molecule has 0 spiro atoms.